The van der Waals surface area contributed by atoms with Crippen molar-refractivity contribution in [2.45, 2.75) is 13.0 Å². The fraction of sp³-hybridized carbons (Fsp3) is 0.444. The summed E-state index contributed by atoms with van der Waals surface area (Å²) in [6.07, 6.45) is 1.09. The lowest BCUT2D eigenvalue weighted by atomic mass is 10.4. The van der Waals surface area contributed by atoms with Gasteiger partial charge >= 0.3 is 0 Å². The molecule has 0 radical (unpaired) electrons. The molecule has 0 fully saturated rings. The molecule has 1 rings (SSSR count). The molecule has 0 saturated carbocycles. The van der Waals surface area contributed by atoms with Crippen LogP contribution in [0, 0.1) is 5.82 Å². The van der Waals surface area contributed by atoms with E-state index in [0.717, 1.165) is 6.07 Å². The Hall–Kier alpha value is -0.870. The molecule has 0 aliphatic rings. The zero-order valence-electron chi connectivity index (χ0n) is 7.96. The van der Waals surface area contributed by atoms with Gasteiger partial charge in [-0.3, -0.25) is 0 Å². The molecular weight excluding hydrogens is 209 g/mol. The van der Waals surface area contributed by atoms with Crippen LogP contribution < -0.4 is 4.74 Å². The number of hydrogen-bond donors (Lipinski definition) is 0. The van der Waals surface area contributed by atoms with E-state index in [-0.39, 0.29) is 17.0 Å². The van der Waals surface area contributed by atoms with Crippen LogP contribution in [0.25, 0.3) is 0 Å². The minimum Gasteiger partial charge on any atom is -0.470 e. The topological polar surface area (TPSA) is 31.4 Å². The van der Waals surface area contributed by atoms with E-state index in [9.17, 15) is 4.39 Å². The van der Waals surface area contributed by atoms with Crippen LogP contribution in [0.15, 0.2) is 12.3 Å². The van der Waals surface area contributed by atoms with Gasteiger partial charge < -0.3 is 9.47 Å². The van der Waals surface area contributed by atoms with Crippen molar-refractivity contribution < 1.29 is 13.9 Å². The first kappa shape index (κ1) is 11.2. The minimum atomic E-state index is -0.569. The first-order valence-electron chi connectivity index (χ1n) is 4.10. The lowest BCUT2D eigenvalue weighted by Gasteiger charge is -2.12. The Morgan fingerprint density at radius 1 is 1.64 bits per heavy atom. The van der Waals surface area contributed by atoms with Crippen LogP contribution >= 0.6 is 11.6 Å². The zero-order valence-corrected chi connectivity index (χ0v) is 8.71. The van der Waals surface area contributed by atoms with E-state index in [1.54, 1.807) is 14.0 Å². The summed E-state index contributed by atoms with van der Waals surface area (Å²) in [5.41, 5.74) is 0. The molecule has 0 spiro atoms. The maximum atomic E-state index is 13.1. The smallest absolute Gasteiger partial charge is 0.250 e. The fourth-order valence-electron chi connectivity index (χ4n) is 0.948. The number of rotatable bonds is 4. The molecule has 0 aliphatic heterocycles. The van der Waals surface area contributed by atoms with Crippen molar-refractivity contribution in [1.82, 2.24) is 4.98 Å². The highest BCUT2D eigenvalue weighted by Gasteiger charge is 2.09. The van der Waals surface area contributed by atoms with Gasteiger partial charge in [-0.25, -0.2) is 9.37 Å². The van der Waals surface area contributed by atoms with Crippen molar-refractivity contribution in [3.63, 3.8) is 0 Å². The molecule has 0 amide bonds. The van der Waals surface area contributed by atoms with Gasteiger partial charge in [0.2, 0.25) is 0 Å². The molecule has 0 N–H and O–H groups in total. The van der Waals surface area contributed by atoms with E-state index in [4.69, 9.17) is 21.1 Å². The summed E-state index contributed by atoms with van der Waals surface area (Å²) in [6, 6.07) is 1.16. The predicted octanol–water partition coefficient (Wildman–Crippen LogP) is 2.29. The molecule has 1 aromatic heterocycles. The Labute approximate surface area is 86.8 Å². The molecule has 14 heavy (non-hydrogen) atoms. The van der Waals surface area contributed by atoms with E-state index in [1.165, 1.54) is 6.20 Å². The van der Waals surface area contributed by atoms with Crippen LogP contribution in [-0.2, 0) is 4.74 Å². The van der Waals surface area contributed by atoms with Gasteiger partial charge in [0.25, 0.3) is 5.88 Å². The Morgan fingerprint density at radius 2 is 2.36 bits per heavy atom. The van der Waals surface area contributed by atoms with Crippen molar-refractivity contribution in [2.24, 2.45) is 0 Å². The summed E-state index contributed by atoms with van der Waals surface area (Å²) < 4.78 is 23.1. The Bertz CT molecular complexity index is 309. The number of nitrogens with zero attached hydrogens (tertiary/aromatic N) is 1. The van der Waals surface area contributed by atoms with Gasteiger partial charge in [0.1, 0.15) is 6.10 Å². The van der Waals surface area contributed by atoms with E-state index < -0.39 is 5.82 Å². The molecule has 0 aromatic carbocycles. The second-order valence-electron chi connectivity index (χ2n) is 2.82. The lowest BCUT2D eigenvalue weighted by Crippen LogP contribution is -2.19. The number of halogens is 2. The normalized spacial score (nSPS) is 12.6. The van der Waals surface area contributed by atoms with Crippen molar-refractivity contribution in [2.75, 3.05) is 13.7 Å². The minimum absolute atomic E-state index is 0.0565. The zero-order chi connectivity index (χ0) is 10.6. The van der Waals surface area contributed by atoms with Crippen LogP contribution in [0.4, 0.5) is 4.39 Å². The first-order valence-corrected chi connectivity index (χ1v) is 4.48. The van der Waals surface area contributed by atoms with E-state index in [1.807, 2.05) is 0 Å². The van der Waals surface area contributed by atoms with E-state index >= 15 is 0 Å². The van der Waals surface area contributed by atoms with Gasteiger partial charge in [-0.15, -0.1) is 0 Å². The average molecular weight is 220 g/mol. The quantitative estimate of drug-likeness (QED) is 0.779. The number of ether oxygens (including phenoxy) is 2. The summed E-state index contributed by atoms with van der Waals surface area (Å²) in [6.45, 7) is 2.14. The van der Waals surface area contributed by atoms with Crippen molar-refractivity contribution in [1.29, 1.82) is 0 Å². The maximum Gasteiger partial charge on any atom is 0.250 e. The molecule has 0 saturated heterocycles. The van der Waals surface area contributed by atoms with E-state index in [0.29, 0.717) is 6.61 Å². The summed E-state index contributed by atoms with van der Waals surface area (Å²) in [5.74, 6) is -0.626. The van der Waals surface area contributed by atoms with Crippen molar-refractivity contribution in [3.8, 4) is 5.88 Å². The van der Waals surface area contributed by atoms with Crippen LogP contribution in [0.3, 0.4) is 0 Å². The number of hydrogen-bond acceptors (Lipinski definition) is 3. The Kier molecular flexibility index (Phi) is 4.10. The summed E-state index contributed by atoms with van der Waals surface area (Å²) in [7, 11) is 1.55. The molecule has 5 heteroatoms. The number of aromatic nitrogens is 1. The second-order valence-corrected chi connectivity index (χ2v) is 3.26. The number of pyridine rings is 1. The summed E-state index contributed by atoms with van der Waals surface area (Å²) in [4.78, 5) is 3.72. The van der Waals surface area contributed by atoms with Gasteiger partial charge in [0.05, 0.1) is 11.6 Å². The van der Waals surface area contributed by atoms with Crippen molar-refractivity contribution in [3.05, 3.63) is 23.1 Å². The SMILES string of the molecule is COCC(C)Oc1ncc(Cl)cc1F. The predicted molar refractivity (Wildman–Crippen MR) is 51.2 cm³/mol. The van der Waals surface area contributed by atoms with Gasteiger partial charge in [-0.1, -0.05) is 11.6 Å². The maximum absolute atomic E-state index is 13.1. The summed E-state index contributed by atoms with van der Waals surface area (Å²) >= 11 is 5.53. The molecule has 1 heterocycles. The van der Waals surface area contributed by atoms with Crippen LogP contribution in [0.5, 0.6) is 5.88 Å². The monoisotopic (exact) mass is 219 g/mol. The third-order valence-electron chi connectivity index (χ3n) is 1.49. The van der Waals surface area contributed by atoms with Crippen LogP contribution in [-0.4, -0.2) is 24.8 Å². The molecule has 3 nitrogen and oxygen atoms in total. The summed E-state index contributed by atoms with van der Waals surface area (Å²) in [5, 5.41) is 0.245. The van der Waals surface area contributed by atoms with Crippen LogP contribution in [0.2, 0.25) is 5.02 Å². The molecule has 78 valence electrons. The second kappa shape index (κ2) is 5.12. The van der Waals surface area contributed by atoms with E-state index in [2.05, 4.69) is 4.98 Å². The fourth-order valence-corrected chi connectivity index (χ4v) is 1.09. The highest BCUT2D eigenvalue weighted by atomic mass is 35.5. The highest BCUT2D eigenvalue weighted by molar-refractivity contribution is 6.30. The van der Waals surface area contributed by atoms with Gasteiger partial charge in [0, 0.05) is 13.3 Å². The molecule has 1 aromatic rings. The van der Waals surface area contributed by atoms with Crippen molar-refractivity contribution >= 4 is 11.6 Å². The molecule has 0 aliphatic carbocycles. The lowest BCUT2D eigenvalue weighted by molar-refractivity contribution is 0.0859. The molecular formula is C9H11ClFNO2. The van der Waals surface area contributed by atoms with Gasteiger partial charge in [-0.2, -0.15) is 0 Å². The third kappa shape index (κ3) is 3.12. The first-order chi connectivity index (χ1) is 6.63. The average Bonchev–Trinajstić information content (AvgIpc) is 2.10. The van der Waals surface area contributed by atoms with Gasteiger partial charge in [-0.05, 0) is 13.0 Å². The number of methoxy groups -OCH3 is 1. The molecule has 1 unspecified atom stereocenters. The highest BCUT2D eigenvalue weighted by Crippen LogP contribution is 2.18. The standard InChI is InChI=1S/C9H11ClFNO2/c1-6(5-13-2)14-9-8(11)3-7(10)4-12-9/h3-4,6H,5H2,1-2H3. The molecule has 0 bridgehead atoms. The third-order valence-corrected chi connectivity index (χ3v) is 1.69. The van der Waals surface area contributed by atoms with Crippen LogP contribution in [0.1, 0.15) is 6.92 Å². The van der Waals surface area contributed by atoms with Gasteiger partial charge in [0.15, 0.2) is 5.82 Å². The largest absolute Gasteiger partial charge is 0.470 e. The molecule has 1 atom stereocenters. The Morgan fingerprint density at radius 3 is 2.93 bits per heavy atom. The Balaban J connectivity index is 2.67.